The van der Waals surface area contributed by atoms with Crippen LogP contribution < -0.4 is 16.4 Å². The Morgan fingerprint density at radius 2 is 2.08 bits per heavy atom. The van der Waals surface area contributed by atoms with Gasteiger partial charge in [0, 0.05) is 17.2 Å². The second-order valence-corrected chi connectivity index (χ2v) is 11.1. The monoisotopic (exact) mass is 493 g/mol. The molecule has 8 rings (SSSR count). The third-order valence-electron chi connectivity index (χ3n) is 9.18. The molecule has 0 saturated heterocycles. The number of nitrogen functional groups attached to an aromatic ring is 1. The Balaban J connectivity index is 1.10. The molecule has 3 aromatic rings. The van der Waals surface area contributed by atoms with Gasteiger partial charge in [0.05, 0.1) is 30.4 Å². The number of carbonyl (C=O) groups excluding carboxylic acids is 1. The molecule has 4 unspecified atom stereocenters. The molecule has 1 aliphatic heterocycles. The molecule has 188 valence electrons. The number of imidazole rings is 1. The summed E-state index contributed by atoms with van der Waals surface area (Å²) in [7, 11) is 0. The minimum absolute atomic E-state index is 0.0212. The number of nitrogens with one attached hydrogen (secondary N) is 2. The quantitative estimate of drug-likeness (QED) is 0.427. The largest absolute Gasteiger partial charge is 0.392 e. The average molecular weight is 494 g/mol. The van der Waals surface area contributed by atoms with E-state index in [4.69, 9.17) is 5.73 Å². The van der Waals surface area contributed by atoms with Crippen molar-refractivity contribution in [2.24, 2.45) is 23.2 Å². The van der Waals surface area contributed by atoms with Crippen LogP contribution in [-0.2, 0) is 0 Å². The Hall–Kier alpha value is -3.47. The van der Waals surface area contributed by atoms with Crippen molar-refractivity contribution in [1.29, 1.82) is 0 Å². The number of fused-ring (bicyclic) bond motifs is 3. The summed E-state index contributed by atoms with van der Waals surface area (Å²) in [6, 6.07) is 4.51. The Bertz CT molecular complexity index is 1320. The lowest BCUT2D eigenvalue weighted by molar-refractivity contribution is -0.135. The predicted molar refractivity (Wildman–Crippen MR) is 127 cm³/mol. The number of urea groups is 1. The second-order valence-electron chi connectivity index (χ2n) is 11.1. The van der Waals surface area contributed by atoms with Crippen molar-refractivity contribution in [3.05, 3.63) is 42.1 Å². The SMILES string of the molecule is Nc1nonc1NC(=O)NC1C2CC3CC1CC(C(O)CC1c4c(F)cccc4-c4cncn41)(C3)C2. The number of aromatic nitrogens is 4. The highest BCUT2D eigenvalue weighted by molar-refractivity contribution is 5.90. The Morgan fingerprint density at radius 1 is 1.28 bits per heavy atom. The maximum absolute atomic E-state index is 14.9. The van der Waals surface area contributed by atoms with Gasteiger partial charge in [-0.3, -0.25) is 5.32 Å². The first-order valence-corrected chi connectivity index (χ1v) is 12.6. The van der Waals surface area contributed by atoms with E-state index in [-0.39, 0.29) is 52.8 Å². The summed E-state index contributed by atoms with van der Waals surface area (Å²) in [6.07, 6.45) is 8.11. The van der Waals surface area contributed by atoms with Gasteiger partial charge in [-0.25, -0.2) is 18.8 Å². The summed E-state index contributed by atoms with van der Waals surface area (Å²) in [5.41, 5.74) is 7.83. The van der Waals surface area contributed by atoms with Crippen LogP contribution in [0.5, 0.6) is 0 Å². The van der Waals surface area contributed by atoms with Crippen LogP contribution in [0, 0.1) is 29.0 Å². The number of amides is 2. The van der Waals surface area contributed by atoms with Crippen molar-refractivity contribution in [2.45, 2.75) is 56.7 Å². The zero-order valence-corrected chi connectivity index (χ0v) is 19.6. The van der Waals surface area contributed by atoms with E-state index in [1.807, 2.05) is 10.6 Å². The zero-order valence-electron chi connectivity index (χ0n) is 19.6. The number of benzene rings is 1. The van der Waals surface area contributed by atoms with Gasteiger partial charge in [0.25, 0.3) is 0 Å². The topological polar surface area (TPSA) is 144 Å². The molecule has 5 N–H and O–H groups in total. The molecule has 2 amide bonds. The first kappa shape index (κ1) is 21.8. The molecular formula is C25H28FN7O3. The minimum atomic E-state index is -0.577. The van der Waals surface area contributed by atoms with Crippen molar-refractivity contribution in [3.63, 3.8) is 0 Å². The van der Waals surface area contributed by atoms with Crippen LogP contribution in [0.2, 0.25) is 0 Å². The summed E-state index contributed by atoms with van der Waals surface area (Å²) in [5.74, 6) is 0.985. The van der Waals surface area contributed by atoms with Crippen LogP contribution >= 0.6 is 0 Å². The van der Waals surface area contributed by atoms with Crippen molar-refractivity contribution in [1.82, 2.24) is 25.2 Å². The average Bonchev–Trinajstić information content (AvgIpc) is 3.54. The number of rotatable bonds is 5. The van der Waals surface area contributed by atoms with E-state index in [0.29, 0.717) is 17.9 Å². The van der Waals surface area contributed by atoms with Gasteiger partial charge in [-0.15, -0.1) is 0 Å². The number of aliphatic hydroxyl groups is 1. The van der Waals surface area contributed by atoms with E-state index in [1.165, 1.54) is 6.07 Å². The van der Waals surface area contributed by atoms with Crippen molar-refractivity contribution in [2.75, 3.05) is 11.1 Å². The molecule has 4 aliphatic carbocycles. The number of aliphatic hydroxyl groups excluding tert-OH is 1. The molecule has 4 atom stereocenters. The van der Waals surface area contributed by atoms with E-state index in [0.717, 1.165) is 43.4 Å². The van der Waals surface area contributed by atoms with E-state index in [9.17, 15) is 14.3 Å². The molecule has 36 heavy (non-hydrogen) atoms. The van der Waals surface area contributed by atoms with Gasteiger partial charge >= 0.3 is 6.03 Å². The predicted octanol–water partition coefficient (Wildman–Crippen LogP) is 3.32. The molecular weight excluding hydrogens is 465 g/mol. The number of nitrogens with zero attached hydrogens (tertiary/aromatic N) is 4. The number of anilines is 2. The van der Waals surface area contributed by atoms with Gasteiger partial charge in [0.15, 0.2) is 0 Å². The van der Waals surface area contributed by atoms with Gasteiger partial charge in [-0.2, -0.15) is 0 Å². The fourth-order valence-electron chi connectivity index (χ4n) is 8.00. The van der Waals surface area contributed by atoms with E-state index < -0.39 is 6.10 Å². The molecule has 1 aromatic carbocycles. The molecule has 4 saturated carbocycles. The molecule has 2 aromatic heterocycles. The lowest BCUT2D eigenvalue weighted by atomic mass is 9.46. The number of carbonyl (C=O) groups is 1. The molecule has 4 bridgehead atoms. The molecule has 11 heteroatoms. The third kappa shape index (κ3) is 3.18. The van der Waals surface area contributed by atoms with Crippen molar-refractivity contribution in [3.8, 4) is 11.3 Å². The molecule has 0 spiro atoms. The van der Waals surface area contributed by atoms with Crippen LogP contribution in [0.4, 0.5) is 20.8 Å². The van der Waals surface area contributed by atoms with E-state index >= 15 is 0 Å². The summed E-state index contributed by atoms with van der Waals surface area (Å²) in [5, 5.41) is 24.6. The van der Waals surface area contributed by atoms with E-state index in [1.54, 1.807) is 18.6 Å². The molecule has 3 heterocycles. The lowest BCUT2D eigenvalue weighted by Gasteiger charge is -2.61. The fourth-order valence-corrected chi connectivity index (χ4v) is 8.00. The number of halogens is 1. The summed E-state index contributed by atoms with van der Waals surface area (Å²) in [6.45, 7) is 0. The Kier molecular flexibility index (Phi) is 4.70. The molecule has 0 radical (unpaired) electrons. The fraction of sp³-hybridized carbons (Fsp3) is 0.520. The standard InChI is InChI=1S/C25H28FN7O3/c26-16-3-1-2-15-18-10-28-11-33(18)17(20(15)16)6-19(34)25-7-12-4-13(8-25)21(14(5-12)9-25)29-24(35)30-23-22(27)31-36-32-23/h1-3,10-14,17,19,21,34H,4-9H2,(H2,27,31)(H2,29,30,32,35). The van der Waals surface area contributed by atoms with Gasteiger partial charge in [0.2, 0.25) is 11.6 Å². The normalized spacial score (nSPS) is 32.2. The molecule has 5 aliphatic rings. The smallest absolute Gasteiger partial charge is 0.320 e. The Morgan fingerprint density at radius 3 is 2.83 bits per heavy atom. The lowest BCUT2D eigenvalue weighted by Crippen LogP contribution is -2.62. The summed E-state index contributed by atoms with van der Waals surface area (Å²) in [4.78, 5) is 16.9. The first-order valence-electron chi connectivity index (χ1n) is 12.6. The molecule has 10 nitrogen and oxygen atoms in total. The highest BCUT2D eigenvalue weighted by Gasteiger charge is 2.58. The van der Waals surface area contributed by atoms with Crippen LogP contribution in [0.15, 0.2) is 35.4 Å². The zero-order chi connectivity index (χ0) is 24.6. The number of nitrogens with two attached hydrogens (primary N) is 1. The maximum Gasteiger partial charge on any atom is 0.320 e. The summed E-state index contributed by atoms with van der Waals surface area (Å²) < 4.78 is 21.5. The van der Waals surface area contributed by atoms with Crippen molar-refractivity contribution < 1.29 is 18.9 Å². The van der Waals surface area contributed by atoms with Gasteiger partial charge in [-0.1, -0.05) is 12.1 Å². The highest BCUT2D eigenvalue weighted by atomic mass is 19.1. The Labute approximate surface area is 206 Å². The number of hydrogen-bond donors (Lipinski definition) is 4. The second kappa shape index (κ2) is 7.76. The first-order chi connectivity index (χ1) is 17.4. The van der Waals surface area contributed by atoms with Crippen LogP contribution in [0.25, 0.3) is 11.3 Å². The number of hydrogen-bond acceptors (Lipinski definition) is 7. The van der Waals surface area contributed by atoms with Gasteiger partial charge in [0.1, 0.15) is 5.82 Å². The third-order valence-corrected chi connectivity index (χ3v) is 9.18. The van der Waals surface area contributed by atoms with Crippen molar-refractivity contribution >= 4 is 17.7 Å². The van der Waals surface area contributed by atoms with Crippen LogP contribution in [-0.4, -0.2) is 43.1 Å². The molecule has 4 fully saturated rings. The van der Waals surface area contributed by atoms with Crippen LogP contribution in [0.3, 0.4) is 0 Å². The van der Waals surface area contributed by atoms with E-state index in [2.05, 4.69) is 30.6 Å². The maximum atomic E-state index is 14.9. The van der Waals surface area contributed by atoms with Crippen LogP contribution in [0.1, 0.15) is 50.1 Å². The summed E-state index contributed by atoms with van der Waals surface area (Å²) >= 11 is 0. The van der Waals surface area contributed by atoms with Gasteiger partial charge in [-0.05, 0) is 78.1 Å². The van der Waals surface area contributed by atoms with Gasteiger partial charge < -0.3 is 20.7 Å². The minimum Gasteiger partial charge on any atom is -0.392 e. The highest BCUT2D eigenvalue weighted by Crippen LogP contribution is 2.62.